The Hall–Kier alpha value is -3.54. The summed E-state index contributed by atoms with van der Waals surface area (Å²) in [7, 11) is 1.34. The van der Waals surface area contributed by atoms with Crippen molar-refractivity contribution in [1.82, 2.24) is 0 Å². The molecular formula is C45H68O15S. The van der Waals surface area contributed by atoms with Crippen LogP contribution >= 0.6 is 11.8 Å². The topological polar surface area (TPSA) is 189 Å². The Bertz CT molecular complexity index is 1760. The molecule has 0 amide bonds. The van der Waals surface area contributed by atoms with Gasteiger partial charge in [-0.25, -0.2) is 19.2 Å². The summed E-state index contributed by atoms with van der Waals surface area (Å²) in [4.78, 5) is 71.0. The lowest BCUT2D eigenvalue weighted by molar-refractivity contribution is -0.387. The first-order valence-electron chi connectivity index (χ1n) is 20.5. The number of carbonyl (C=O) groups excluding carboxylic acids is 5. The van der Waals surface area contributed by atoms with Crippen molar-refractivity contribution in [2.75, 3.05) is 7.11 Å². The summed E-state index contributed by atoms with van der Waals surface area (Å²) in [6.07, 6.45) is -7.09. The van der Waals surface area contributed by atoms with E-state index in [1.807, 2.05) is 37.3 Å². The van der Waals surface area contributed by atoms with Gasteiger partial charge in [-0.15, -0.1) is 0 Å². The highest BCUT2D eigenvalue weighted by molar-refractivity contribution is 8.13. The standard InChI is InChI=1S/C45H68O15S/c1-26(2)61-38(50)54-33-32(55-42(15,16)52-17)43(24-23-27(3)31(53-29(5)46)28(4)25-30-21-19-18-20-22-30)56-34(35(47)57-39(6,7)8)44(51,36(48)58-40(9,10)11)45(33,60-43)37(49)59-41(12,13)14/h18-22,26,28,31-34,51H,3,23-25H2,1-2,4-17H3/t28?,31?,32-,33-,34-,43-,44-,45-/m1/s1. The molecule has 344 valence electrons. The Morgan fingerprint density at radius 3 is 1.87 bits per heavy atom. The monoisotopic (exact) mass is 880 g/mol. The quantitative estimate of drug-likeness (QED) is 0.0761. The molecule has 0 spiro atoms. The number of thioether (sulfide) groups is 1. The van der Waals surface area contributed by atoms with Crippen LogP contribution in [0.3, 0.4) is 0 Å². The second-order valence-corrected chi connectivity index (χ2v) is 20.9. The van der Waals surface area contributed by atoms with Crippen LogP contribution in [0.4, 0.5) is 4.79 Å². The van der Waals surface area contributed by atoms with Crippen molar-refractivity contribution in [2.45, 2.75) is 192 Å². The van der Waals surface area contributed by atoms with Crippen molar-refractivity contribution in [3.8, 4) is 0 Å². The molecule has 61 heavy (non-hydrogen) atoms. The van der Waals surface area contributed by atoms with Crippen LogP contribution < -0.4 is 0 Å². The lowest BCUT2D eigenvalue weighted by Crippen LogP contribution is -2.79. The fraction of sp³-hybridized carbons (Fsp3) is 0.711. The Labute approximate surface area is 365 Å². The van der Waals surface area contributed by atoms with Gasteiger partial charge in [0.15, 0.2) is 18.0 Å². The SMILES string of the molecule is C=C(CC[C@@]12O[C@H](C(=O)OC(C)(C)C)[C@@](O)(C(=O)OC(C)(C)C)[C@@](C(=O)OC(C)(C)C)(O1)[C@H](OC(=O)SC(C)C)[C@H]2OC(C)(C)OC)C(OC(C)=O)C(C)Cc1ccccc1. The number of rotatable bonds is 16. The maximum atomic E-state index is 15.2. The van der Waals surface area contributed by atoms with Crippen LogP contribution in [-0.4, -0.2) is 111 Å². The summed E-state index contributed by atoms with van der Waals surface area (Å²) >= 11 is 0.740. The molecule has 15 nitrogen and oxygen atoms in total. The van der Waals surface area contributed by atoms with E-state index in [1.54, 1.807) is 34.6 Å². The Morgan fingerprint density at radius 1 is 0.836 bits per heavy atom. The number of fused-ring (bicyclic) bond motifs is 2. The van der Waals surface area contributed by atoms with Crippen molar-refractivity contribution >= 4 is 40.9 Å². The number of benzene rings is 1. The minimum atomic E-state index is -3.49. The van der Waals surface area contributed by atoms with Gasteiger partial charge in [-0.3, -0.25) is 4.79 Å². The molecule has 16 heteroatoms. The minimum Gasteiger partial charge on any atom is -0.458 e. The van der Waals surface area contributed by atoms with Gasteiger partial charge in [-0.1, -0.05) is 57.7 Å². The highest BCUT2D eigenvalue weighted by Crippen LogP contribution is 2.59. The summed E-state index contributed by atoms with van der Waals surface area (Å²) in [6.45, 7) is 27.8. The molecule has 8 atom stereocenters. The molecule has 2 unspecified atom stereocenters. The van der Waals surface area contributed by atoms with Crippen molar-refractivity contribution in [2.24, 2.45) is 5.92 Å². The number of esters is 4. The number of carbonyl (C=O) groups is 5. The largest absolute Gasteiger partial charge is 0.458 e. The zero-order valence-electron chi connectivity index (χ0n) is 38.8. The average Bonchev–Trinajstić information content (AvgIpc) is 3.31. The van der Waals surface area contributed by atoms with Crippen LogP contribution in [0, 0.1) is 5.92 Å². The number of hydrogen-bond acceptors (Lipinski definition) is 16. The molecule has 2 heterocycles. The van der Waals surface area contributed by atoms with Gasteiger partial charge in [0, 0.05) is 31.6 Å². The lowest BCUT2D eigenvalue weighted by atomic mass is 9.74. The number of methoxy groups -OCH3 is 1. The van der Waals surface area contributed by atoms with Crippen molar-refractivity contribution in [3.05, 3.63) is 48.0 Å². The molecule has 0 aliphatic carbocycles. The molecule has 2 bridgehead atoms. The zero-order chi connectivity index (χ0) is 46.7. The van der Waals surface area contributed by atoms with Gasteiger partial charge < -0.3 is 47.7 Å². The molecule has 1 aromatic rings. The van der Waals surface area contributed by atoms with Crippen molar-refractivity contribution < 1.29 is 71.7 Å². The normalized spacial score (nSPS) is 26.5. The van der Waals surface area contributed by atoms with Gasteiger partial charge in [0.05, 0.1) is 0 Å². The Morgan fingerprint density at radius 2 is 1.38 bits per heavy atom. The van der Waals surface area contributed by atoms with E-state index in [2.05, 4.69) is 6.58 Å². The molecule has 1 N–H and O–H groups in total. The van der Waals surface area contributed by atoms with E-state index < -0.39 is 93.2 Å². The molecule has 3 rings (SSSR count). The van der Waals surface area contributed by atoms with Gasteiger partial charge in [-0.05, 0) is 112 Å². The highest BCUT2D eigenvalue weighted by Gasteiger charge is 2.87. The van der Waals surface area contributed by atoms with E-state index in [9.17, 15) is 24.3 Å². The molecule has 2 fully saturated rings. The zero-order valence-corrected chi connectivity index (χ0v) is 39.6. The fourth-order valence-corrected chi connectivity index (χ4v) is 7.67. The second-order valence-electron chi connectivity index (χ2n) is 19.4. The predicted octanol–water partition coefficient (Wildman–Crippen LogP) is 7.17. The summed E-state index contributed by atoms with van der Waals surface area (Å²) < 4.78 is 55.1. The third-order valence-corrected chi connectivity index (χ3v) is 10.4. The van der Waals surface area contributed by atoms with E-state index in [0.29, 0.717) is 12.0 Å². The maximum Gasteiger partial charge on any atom is 0.368 e. The van der Waals surface area contributed by atoms with Crippen LogP contribution in [0.2, 0.25) is 0 Å². The van der Waals surface area contributed by atoms with Gasteiger partial charge in [0.25, 0.3) is 5.60 Å². The van der Waals surface area contributed by atoms with E-state index in [4.69, 9.17) is 42.6 Å². The van der Waals surface area contributed by atoms with E-state index in [1.165, 1.54) is 69.4 Å². The Balaban J connectivity index is 2.47. The molecule has 0 radical (unpaired) electrons. The summed E-state index contributed by atoms with van der Waals surface area (Å²) in [5.74, 6) is -9.05. The molecular weight excluding hydrogens is 813 g/mol. The first-order valence-corrected chi connectivity index (χ1v) is 21.4. The third kappa shape index (κ3) is 12.6. The van der Waals surface area contributed by atoms with Crippen LogP contribution in [0.25, 0.3) is 0 Å². The summed E-state index contributed by atoms with van der Waals surface area (Å²) in [5, 5.41) is 12.0. The predicted molar refractivity (Wildman–Crippen MR) is 226 cm³/mol. The molecule has 0 saturated carbocycles. The molecule has 2 saturated heterocycles. The fourth-order valence-electron chi connectivity index (χ4n) is 7.13. The number of hydrogen-bond donors (Lipinski definition) is 1. The second kappa shape index (κ2) is 19.1. The van der Waals surface area contributed by atoms with Crippen LogP contribution in [0.5, 0.6) is 0 Å². The number of ether oxygens (including phenoxy) is 9. The smallest absolute Gasteiger partial charge is 0.368 e. The summed E-state index contributed by atoms with van der Waals surface area (Å²) in [6, 6.07) is 9.58. The van der Waals surface area contributed by atoms with Crippen molar-refractivity contribution in [3.63, 3.8) is 0 Å². The average molecular weight is 881 g/mol. The first-order chi connectivity index (χ1) is 27.7. The van der Waals surface area contributed by atoms with Gasteiger partial charge >= 0.3 is 29.2 Å². The minimum absolute atomic E-state index is 0.0952. The van der Waals surface area contributed by atoms with Gasteiger partial charge in [0.1, 0.15) is 22.9 Å². The van der Waals surface area contributed by atoms with Crippen molar-refractivity contribution in [1.29, 1.82) is 0 Å². The highest BCUT2D eigenvalue weighted by atomic mass is 32.2. The van der Waals surface area contributed by atoms with Crippen LogP contribution in [-0.2, 0) is 68.2 Å². The molecule has 2 aliphatic rings. The lowest BCUT2D eigenvalue weighted by Gasteiger charge is -2.51. The first kappa shape index (κ1) is 51.8. The van der Waals surface area contributed by atoms with Gasteiger partial charge in [0.2, 0.25) is 17.5 Å². The van der Waals surface area contributed by atoms with Gasteiger partial charge in [-0.2, -0.15) is 0 Å². The van der Waals surface area contributed by atoms with E-state index >= 15 is 4.79 Å². The van der Waals surface area contributed by atoms with E-state index in [0.717, 1.165) is 17.3 Å². The molecule has 2 aliphatic heterocycles. The third-order valence-electron chi connectivity index (χ3n) is 9.60. The Kier molecular flexibility index (Phi) is 16.2. The van der Waals surface area contributed by atoms with E-state index in [-0.39, 0.29) is 24.0 Å². The maximum absolute atomic E-state index is 15.2. The van der Waals surface area contributed by atoms with Crippen LogP contribution in [0.15, 0.2) is 42.5 Å². The molecule has 1 aromatic carbocycles. The number of aliphatic hydroxyl groups is 1. The van der Waals surface area contributed by atoms with Crippen LogP contribution in [0.1, 0.15) is 122 Å². The summed E-state index contributed by atoms with van der Waals surface area (Å²) in [5.41, 5.74) is -9.16. The molecule has 0 aromatic heterocycles.